The molecule has 25 heavy (non-hydrogen) atoms. The van der Waals surface area contributed by atoms with Crippen molar-refractivity contribution >= 4 is 6.34 Å². The Morgan fingerprint density at radius 3 is 2.00 bits per heavy atom. The standard InChI is InChI=1S/C23H39N2/c1-14-18-9-16(22(18,3)4)11-20(14)24-7-8-25(13-24)21-12-17-10-19(15(21)2)23(17,5)6/h13-21H,7-12H2,1-6H3/q+1/t14-,15-,16+,17+,18-,19-,20-,21-/m1/s1. The molecule has 4 bridgehead atoms. The Bertz CT molecular complexity index is 603. The van der Waals surface area contributed by atoms with Gasteiger partial charge >= 0.3 is 0 Å². The van der Waals surface area contributed by atoms with E-state index in [-0.39, 0.29) is 0 Å². The predicted molar refractivity (Wildman–Crippen MR) is 104 cm³/mol. The Morgan fingerprint density at radius 1 is 0.840 bits per heavy atom. The van der Waals surface area contributed by atoms with Gasteiger partial charge in [-0.2, -0.15) is 0 Å². The highest BCUT2D eigenvalue weighted by Crippen LogP contribution is 2.63. The Labute approximate surface area is 155 Å². The molecule has 6 saturated carbocycles. The van der Waals surface area contributed by atoms with Gasteiger partial charge in [-0.1, -0.05) is 41.5 Å². The van der Waals surface area contributed by atoms with Crippen molar-refractivity contribution in [2.45, 2.75) is 79.3 Å². The van der Waals surface area contributed by atoms with E-state index in [1.165, 1.54) is 38.8 Å². The summed E-state index contributed by atoms with van der Waals surface area (Å²) < 4.78 is 2.76. The first-order chi connectivity index (χ1) is 11.7. The molecule has 0 spiro atoms. The fourth-order valence-corrected chi connectivity index (χ4v) is 8.16. The molecule has 0 unspecified atom stereocenters. The Morgan fingerprint density at radius 2 is 1.44 bits per heavy atom. The fraction of sp³-hybridized carbons (Fsp3) is 0.957. The van der Waals surface area contributed by atoms with Crippen LogP contribution in [-0.4, -0.2) is 41.0 Å². The van der Waals surface area contributed by atoms with Crippen molar-refractivity contribution in [2.24, 2.45) is 46.3 Å². The Balaban J connectivity index is 1.31. The molecule has 6 aliphatic carbocycles. The average Bonchev–Trinajstić information content (AvgIpc) is 3.03. The Hall–Kier alpha value is -0.530. The lowest BCUT2D eigenvalue weighted by atomic mass is 9.44. The van der Waals surface area contributed by atoms with Crippen molar-refractivity contribution in [3.63, 3.8) is 0 Å². The first kappa shape index (κ1) is 16.6. The molecule has 7 rings (SSSR count). The van der Waals surface area contributed by atoms with E-state index >= 15 is 0 Å². The third kappa shape index (κ3) is 2.06. The maximum absolute atomic E-state index is 2.76. The number of rotatable bonds is 2. The van der Waals surface area contributed by atoms with E-state index < -0.39 is 0 Å². The van der Waals surface area contributed by atoms with Gasteiger partial charge in [-0.3, -0.25) is 9.48 Å². The summed E-state index contributed by atoms with van der Waals surface area (Å²) in [6, 6.07) is 1.62. The van der Waals surface area contributed by atoms with Gasteiger partial charge in [0.05, 0.1) is 12.1 Å². The maximum Gasteiger partial charge on any atom is 0.234 e. The van der Waals surface area contributed by atoms with Crippen LogP contribution in [0.5, 0.6) is 0 Å². The third-order valence-corrected chi connectivity index (χ3v) is 10.4. The average molecular weight is 344 g/mol. The van der Waals surface area contributed by atoms with E-state index in [0.717, 1.165) is 47.6 Å². The zero-order valence-corrected chi connectivity index (χ0v) is 17.3. The molecule has 6 fully saturated rings. The zero-order valence-electron chi connectivity index (χ0n) is 17.3. The molecular weight excluding hydrogens is 304 g/mol. The van der Waals surface area contributed by atoms with Crippen molar-refractivity contribution in [3.05, 3.63) is 0 Å². The molecule has 2 nitrogen and oxygen atoms in total. The highest BCUT2D eigenvalue weighted by molar-refractivity contribution is 5.51. The van der Waals surface area contributed by atoms with Crippen LogP contribution in [0, 0.1) is 46.3 Å². The summed E-state index contributed by atoms with van der Waals surface area (Å²) in [6.45, 7) is 17.7. The number of nitrogens with zero attached hydrogens (tertiary/aromatic N) is 2. The zero-order chi connectivity index (χ0) is 17.7. The van der Waals surface area contributed by atoms with Crippen molar-refractivity contribution in [1.29, 1.82) is 0 Å². The predicted octanol–water partition coefficient (Wildman–Crippen LogP) is 4.48. The molecule has 0 aromatic carbocycles. The van der Waals surface area contributed by atoms with Gasteiger partial charge in [-0.05, 0) is 72.0 Å². The smallest absolute Gasteiger partial charge is 0.234 e. The lowest BCUT2D eigenvalue weighted by molar-refractivity contribution is -0.576. The topological polar surface area (TPSA) is 6.25 Å². The summed E-state index contributed by atoms with van der Waals surface area (Å²) >= 11 is 0. The van der Waals surface area contributed by atoms with Crippen molar-refractivity contribution in [1.82, 2.24) is 4.90 Å². The monoisotopic (exact) mass is 343 g/mol. The molecule has 0 radical (unpaired) electrons. The molecule has 0 aromatic heterocycles. The quantitative estimate of drug-likeness (QED) is 0.670. The fourth-order valence-electron chi connectivity index (χ4n) is 8.16. The molecule has 0 N–H and O–H groups in total. The largest absolute Gasteiger partial charge is 0.261 e. The molecule has 0 amide bonds. The molecule has 1 heterocycles. The van der Waals surface area contributed by atoms with Crippen molar-refractivity contribution < 1.29 is 4.58 Å². The van der Waals surface area contributed by atoms with Gasteiger partial charge in [0.15, 0.2) is 0 Å². The van der Waals surface area contributed by atoms with Crippen molar-refractivity contribution in [3.8, 4) is 0 Å². The van der Waals surface area contributed by atoms with Crippen LogP contribution in [0.2, 0.25) is 0 Å². The first-order valence-corrected chi connectivity index (χ1v) is 11.1. The van der Waals surface area contributed by atoms with Gasteiger partial charge in [0, 0.05) is 0 Å². The number of hydrogen-bond donors (Lipinski definition) is 0. The van der Waals surface area contributed by atoms with E-state index in [0.29, 0.717) is 10.8 Å². The van der Waals surface area contributed by atoms with Crippen LogP contribution in [0.15, 0.2) is 0 Å². The second kappa shape index (κ2) is 5.04. The minimum absolute atomic E-state index is 0.611. The molecule has 140 valence electrons. The van der Waals surface area contributed by atoms with Gasteiger partial charge in [-0.25, -0.2) is 0 Å². The minimum Gasteiger partial charge on any atom is -0.261 e. The molecule has 1 aliphatic heterocycles. The van der Waals surface area contributed by atoms with E-state index in [1.54, 1.807) is 0 Å². The molecule has 0 aromatic rings. The summed E-state index contributed by atoms with van der Waals surface area (Å²) in [5.74, 6) is 5.60. The van der Waals surface area contributed by atoms with Gasteiger partial charge in [0.2, 0.25) is 6.34 Å². The summed E-state index contributed by atoms with van der Waals surface area (Å²) in [5.41, 5.74) is 1.22. The van der Waals surface area contributed by atoms with Gasteiger partial charge in [0.1, 0.15) is 13.1 Å². The summed E-state index contributed by atoms with van der Waals surface area (Å²) in [6.07, 6.45) is 8.46. The summed E-state index contributed by atoms with van der Waals surface area (Å²) in [7, 11) is 0. The number of hydrogen-bond acceptors (Lipinski definition) is 1. The van der Waals surface area contributed by atoms with E-state index in [1.807, 2.05) is 0 Å². The highest BCUT2D eigenvalue weighted by Gasteiger charge is 2.60. The van der Waals surface area contributed by atoms with Crippen LogP contribution in [0.1, 0.15) is 67.2 Å². The molecule has 0 saturated heterocycles. The normalized spacial score (nSPS) is 52.2. The van der Waals surface area contributed by atoms with E-state index in [2.05, 4.69) is 57.4 Å². The van der Waals surface area contributed by atoms with Gasteiger partial charge in [0.25, 0.3) is 0 Å². The molecular formula is C23H39N2+. The molecule has 8 atom stereocenters. The Kier molecular flexibility index (Phi) is 3.36. The van der Waals surface area contributed by atoms with Crippen LogP contribution >= 0.6 is 0 Å². The minimum atomic E-state index is 0.611. The van der Waals surface area contributed by atoms with E-state index in [9.17, 15) is 0 Å². The lowest BCUT2D eigenvalue weighted by Crippen LogP contribution is -2.60. The van der Waals surface area contributed by atoms with Crippen LogP contribution in [0.3, 0.4) is 0 Å². The van der Waals surface area contributed by atoms with Crippen LogP contribution in [-0.2, 0) is 0 Å². The molecule has 2 heteroatoms. The van der Waals surface area contributed by atoms with Gasteiger partial charge < -0.3 is 0 Å². The SMILES string of the molecule is C[C@H]1[C@H](N2C=[N+]([C@@H]3C[C@@H]4C[C@H]([C@H]3C)C4(C)C)CC2)C[C@@H]2C[C@H]1C2(C)C. The summed E-state index contributed by atoms with van der Waals surface area (Å²) in [5, 5.41) is 0. The van der Waals surface area contributed by atoms with Crippen LogP contribution in [0.25, 0.3) is 0 Å². The summed E-state index contributed by atoms with van der Waals surface area (Å²) in [4.78, 5) is 2.76. The van der Waals surface area contributed by atoms with E-state index in [4.69, 9.17) is 0 Å². The second-order valence-electron chi connectivity index (χ2n) is 11.6. The highest BCUT2D eigenvalue weighted by atomic mass is 15.3. The van der Waals surface area contributed by atoms with Crippen LogP contribution in [0.4, 0.5) is 0 Å². The maximum atomic E-state index is 2.76. The lowest BCUT2D eigenvalue weighted by Gasteiger charge is -2.61. The first-order valence-electron chi connectivity index (χ1n) is 11.1. The van der Waals surface area contributed by atoms with Crippen molar-refractivity contribution in [2.75, 3.05) is 13.1 Å². The number of fused-ring (bicyclic) bond motifs is 4. The van der Waals surface area contributed by atoms with Crippen LogP contribution < -0.4 is 0 Å². The second-order valence-corrected chi connectivity index (χ2v) is 11.6. The third-order valence-electron chi connectivity index (χ3n) is 10.4. The van der Waals surface area contributed by atoms with Gasteiger partial charge in [-0.15, -0.1) is 0 Å². The molecule has 7 aliphatic rings.